The van der Waals surface area contributed by atoms with Crippen LogP contribution in [0.25, 0.3) is 22.9 Å². The van der Waals surface area contributed by atoms with Gasteiger partial charge in [0.25, 0.3) is 0 Å². The maximum atomic E-state index is 11.4. The van der Waals surface area contributed by atoms with Crippen molar-refractivity contribution >= 4 is 28.9 Å². The van der Waals surface area contributed by atoms with Crippen LogP contribution in [0.5, 0.6) is 0 Å². The molecule has 84 valence electrons. The third-order valence-corrected chi connectivity index (χ3v) is 2.76. The monoisotopic (exact) mass is 224 g/mol. The minimum Gasteiger partial charge on any atom is -0.478 e. The number of benzene rings is 2. The molecule has 1 N–H and O–H groups in total. The first kappa shape index (κ1) is 11.1. The quantitative estimate of drug-likeness (QED) is 0.860. The van der Waals surface area contributed by atoms with Gasteiger partial charge in [-0.25, -0.2) is 4.79 Å². The van der Waals surface area contributed by atoms with E-state index in [0.717, 1.165) is 16.3 Å². The molecule has 2 aromatic rings. The molecule has 2 heteroatoms. The summed E-state index contributed by atoms with van der Waals surface area (Å²) in [5.41, 5.74) is 1.69. The van der Waals surface area contributed by atoms with E-state index in [-0.39, 0.29) is 5.56 Å². The van der Waals surface area contributed by atoms with Gasteiger partial charge in [-0.3, -0.25) is 0 Å². The third-order valence-electron chi connectivity index (χ3n) is 2.76. The van der Waals surface area contributed by atoms with E-state index in [1.54, 1.807) is 18.2 Å². The molecule has 2 nitrogen and oxygen atoms in total. The van der Waals surface area contributed by atoms with Gasteiger partial charge >= 0.3 is 5.97 Å². The molecule has 2 rings (SSSR count). The Bertz CT molecular complexity index is 624. The number of fused-ring (bicyclic) bond motifs is 1. The number of hydrogen-bond acceptors (Lipinski definition) is 1. The number of aromatic carboxylic acids is 1. The first-order valence-corrected chi connectivity index (χ1v) is 5.23. The summed E-state index contributed by atoms with van der Waals surface area (Å²) in [5.74, 6) is -0.945. The molecule has 2 aromatic carbocycles. The van der Waals surface area contributed by atoms with Crippen molar-refractivity contribution in [3.8, 4) is 0 Å². The molecule has 0 saturated heterocycles. The summed E-state index contributed by atoms with van der Waals surface area (Å²) in [4.78, 5) is 11.4. The maximum Gasteiger partial charge on any atom is 0.336 e. The number of rotatable bonds is 3. The number of carbonyl (C=O) groups is 1. The van der Waals surface area contributed by atoms with Crippen molar-refractivity contribution in [1.82, 2.24) is 0 Å². The van der Waals surface area contributed by atoms with E-state index in [0.29, 0.717) is 5.56 Å². The fourth-order valence-electron chi connectivity index (χ4n) is 2.00. The number of carboxylic acids is 1. The highest BCUT2D eigenvalue weighted by molar-refractivity contribution is 6.08. The zero-order valence-corrected chi connectivity index (χ0v) is 9.31. The molecule has 0 aliphatic heterocycles. The predicted molar refractivity (Wildman–Crippen MR) is 71.1 cm³/mol. The van der Waals surface area contributed by atoms with Crippen molar-refractivity contribution in [2.24, 2.45) is 0 Å². The van der Waals surface area contributed by atoms with Gasteiger partial charge in [0, 0.05) is 0 Å². The van der Waals surface area contributed by atoms with Gasteiger partial charge in [0.1, 0.15) is 0 Å². The van der Waals surface area contributed by atoms with Gasteiger partial charge < -0.3 is 5.11 Å². The Labute approximate surface area is 99.5 Å². The molecule has 0 heterocycles. The Hall–Kier alpha value is -2.35. The summed E-state index contributed by atoms with van der Waals surface area (Å²) < 4.78 is 0. The average molecular weight is 224 g/mol. The SMILES string of the molecule is C=Cc1cc2ccccc2c(C(=O)O)c1C=C. The van der Waals surface area contributed by atoms with Gasteiger partial charge in [-0.15, -0.1) is 0 Å². The lowest BCUT2D eigenvalue weighted by Crippen LogP contribution is -2.02. The summed E-state index contributed by atoms with van der Waals surface area (Å²) in [7, 11) is 0. The minimum absolute atomic E-state index is 0.285. The molecule has 0 spiro atoms. The normalized spacial score (nSPS) is 10.1. The van der Waals surface area contributed by atoms with Crippen LogP contribution in [-0.2, 0) is 0 Å². The van der Waals surface area contributed by atoms with Crippen LogP contribution in [-0.4, -0.2) is 11.1 Å². The van der Waals surface area contributed by atoms with Crippen molar-refractivity contribution in [3.05, 3.63) is 60.2 Å². The lowest BCUT2D eigenvalue weighted by atomic mass is 9.94. The molecule has 0 aliphatic rings. The Morgan fingerprint density at radius 2 is 1.88 bits per heavy atom. The van der Waals surface area contributed by atoms with E-state index in [2.05, 4.69) is 13.2 Å². The van der Waals surface area contributed by atoms with Crippen molar-refractivity contribution in [2.75, 3.05) is 0 Å². The molecule has 0 saturated carbocycles. The maximum absolute atomic E-state index is 11.4. The second kappa shape index (κ2) is 4.26. The van der Waals surface area contributed by atoms with Crippen LogP contribution in [0.1, 0.15) is 21.5 Å². The van der Waals surface area contributed by atoms with E-state index < -0.39 is 5.97 Å². The second-order valence-corrected chi connectivity index (χ2v) is 3.69. The van der Waals surface area contributed by atoms with E-state index in [9.17, 15) is 9.90 Å². The Balaban J connectivity index is 3.01. The fraction of sp³-hybridized carbons (Fsp3) is 0. The van der Waals surface area contributed by atoms with E-state index in [1.807, 2.05) is 24.3 Å². The molecule has 0 atom stereocenters. The van der Waals surface area contributed by atoms with E-state index in [1.165, 1.54) is 0 Å². The molecule has 0 unspecified atom stereocenters. The molecule has 0 aliphatic carbocycles. The van der Waals surface area contributed by atoms with Crippen LogP contribution >= 0.6 is 0 Å². The van der Waals surface area contributed by atoms with Crippen molar-refractivity contribution in [3.63, 3.8) is 0 Å². The largest absolute Gasteiger partial charge is 0.478 e. The summed E-state index contributed by atoms with van der Waals surface area (Å²) in [6, 6.07) is 9.33. The Morgan fingerprint density at radius 1 is 1.18 bits per heavy atom. The van der Waals surface area contributed by atoms with Crippen LogP contribution in [0.15, 0.2) is 43.5 Å². The average Bonchev–Trinajstić information content (AvgIpc) is 2.35. The summed E-state index contributed by atoms with van der Waals surface area (Å²) in [6.45, 7) is 7.38. The molecule has 0 aromatic heterocycles. The Kier molecular flexibility index (Phi) is 2.79. The smallest absolute Gasteiger partial charge is 0.336 e. The predicted octanol–water partition coefficient (Wildman–Crippen LogP) is 3.82. The second-order valence-electron chi connectivity index (χ2n) is 3.69. The molecular formula is C15H12O2. The lowest BCUT2D eigenvalue weighted by molar-refractivity contribution is 0.0699. The summed E-state index contributed by atoms with van der Waals surface area (Å²) in [5, 5.41) is 10.9. The van der Waals surface area contributed by atoms with Crippen LogP contribution < -0.4 is 0 Å². The van der Waals surface area contributed by atoms with Crippen molar-refractivity contribution in [2.45, 2.75) is 0 Å². The zero-order valence-electron chi connectivity index (χ0n) is 9.31. The van der Waals surface area contributed by atoms with Crippen molar-refractivity contribution in [1.29, 1.82) is 0 Å². The van der Waals surface area contributed by atoms with Crippen LogP contribution in [0.4, 0.5) is 0 Å². The topological polar surface area (TPSA) is 37.3 Å². The fourth-order valence-corrected chi connectivity index (χ4v) is 2.00. The van der Waals surface area contributed by atoms with Gasteiger partial charge in [-0.05, 0) is 28.0 Å². The van der Waals surface area contributed by atoms with E-state index in [4.69, 9.17) is 0 Å². The molecule has 0 fully saturated rings. The highest BCUT2D eigenvalue weighted by Crippen LogP contribution is 2.27. The van der Waals surface area contributed by atoms with Gasteiger partial charge in [-0.2, -0.15) is 0 Å². The first-order chi connectivity index (χ1) is 8.19. The highest BCUT2D eigenvalue weighted by Gasteiger charge is 2.15. The first-order valence-electron chi connectivity index (χ1n) is 5.23. The number of hydrogen-bond donors (Lipinski definition) is 1. The molecule has 0 amide bonds. The highest BCUT2D eigenvalue weighted by atomic mass is 16.4. The standard InChI is InChI=1S/C15H12O2/c1-3-10-9-11-7-5-6-8-13(11)14(15(16)17)12(10)4-2/h3-9H,1-2H2,(H,16,17). The Morgan fingerprint density at radius 3 is 2.47 bits per heavy atom. The van der Waals surface area contributed by atoms with Crippen LogP contribution in [0, 0.1) is 0 Å². The third kappa shape index (κ3) is 1.74. The summed E-state index contributed by atoms with van der Waals surface area (Å²) in [6.07, 6.45) is 3.21. The van der Waals surface area contributed by atoms with Crippen LogP contribution in [0.3, 0.4) is 0 Å². The van der Waals surface area contributed by atoms with E-state index >= 15 is 0 Å². The van der Waals surface area contributed by atoms with Crippen LogP contribution in [0.2, 0.25) is 0 Å². The van der Waals surface area contributed by atoms with Gasteiger partial charge in [0.15, 0.2) is 0 Å². The zero-order chi connectivity index (χ0) is 12.4. The van der Waals surface area contributed by atoms with Gasteiger partial charge in [0.05, 0.1) is 5.56 Å². The molecular weight excluding hydrogens is 212 g/mol. The summed E-state index contributed by atoms with van der Waals surface area (Å²) >= 11 is 0. The molecule has 0 radical (unpaired) electrons. The molecule has 0 bridgehead atoms. The lowest BCUT2D eigenvalue weighted by Gasteiger charge is -2.10. The van der Waals surface area contributed by atoms with Crippen molar-refractivity contribution < 1.29 is 9.90 Å². The molecule has 17 heavy (non-hydrogen) atoms. The van der Waals surface area contributed by atoms with Gasteiger partial charge in [-0.1, -0.05) is 49.6 Å². The minimum atomic E-state index is -0.945. The van der Waals surface area contributed by atoms with Gasteiger partial charge in [0.2, 0.25) is 0 Å². The number of carboxylic acid groups (broad SMARTS) is 1.